The summed E-state index contributed by atoms with van der Waals surface area (Å²) in [5, 5.41) is 0. The second-order valence-corrected chi connectivity index (χ2v) is 4.68. The SMILES string of the molecule is CCCCOC1=CCC=C(CCC(=O)OC)C(C)=C1. The second-order valence-electron chi connectivity index (χ2n) is 4.68. The fraction of sp³-hybridized carbons (Fsp3) is 0.562. The monoisotopic (exact) mass is 264 g/mol. The summed E-state index contributed by atoms with van der Waals surface area (Å²) in [6, 6.07) is 0. The zero-order chi connectivity index (χ0) is 14.1. The third kappa shape index (κ3) is 5.77. The molecule has 0 atom stereocenters. The van der Waals surface area contributed by atoms with E-state index in [-0.39, 0.29) is 5.97 Å². The standard InChI is InChI=1S/C16H24O3/c1-4-5-11-19-15-8-6-7-14(13(2)12-15)9-10-16(17)18-3/h7-8,12H,4-6,9-11H2,1-3H3. The predicted octanol–water partition coefficient (Wildman–Crippen LogP) is 3.92. The fourth-order valence-corrected chi connectivity index (χ4v) is 1.92. The summed E-state index contributed by atoms with van der Waals surface area (Å²) < 4.78 is 10.4. The third-order valence-electron chi connectivity index (χ3n) is 3.14. The van der Waals surface area contributed by atoms with Gasteiger partial charge >= 0.3 is 5.97 Å². The van der Waals surface area contributed by atoms with Gasteiger partial charge in [-0.15, -0.1) is 0 Å². The Morgan fingerprint density at radius 3 is 2.84 bits per heavy atom. The highest BCUT2D eigenvalue weighted by molar-refractivity contribution is 5.69. The van der Waals surface area contributed by atoms with Crippen molar-refractivity contribution in [1.82, 2.24) is 0 Å². The number of carbonyl (C=O) groups is 1. The lowest BCUT2D eigenvalue weighted by Crippen LogP contribution is -2.01. The van der Waals surface area contributed by atoms with Crippen LogP contribution in [-0.4, -0.2) is 19.7 Å². The molecule has 1 aliphatic carbocycles. The molecular formula is C16H24O3. The number of methoxy groups -OCH3 is 1. The molecule has 0 saturated carbocycles. The Kier molecular flexibility index (Phi) is 7.01. The van der Waals surface area contributed by atoms with Crippen molar-refractivity contribution >= 4 is 5.97 Å². The minimum atomic E-state index is -0.162. The number of ether oxygens (including phenoxy) is 2. The Labute approximate surface area is 116 Å². The Morgan fingerprint density at radius 1 is 1.37 bits per heavy atom. The average molecular weight is 264 g/mol. The Bertz CT molecular complexity index is 389. The maximum absolute atomic E-state index is 11.2. The van der Waals surface area contributed by atoms with Crippen LogP contribution in [-0.2, 0) is 14.3 Å². The van der Waals surface area contributed by atoms with Gasteiger partial charge in [0.15, 0.2) is 0 Å². The number of unbranched alkanes of at least 4 members (excludes halogenated alkanes) is 1. The van der Waals surface area contributed by atoms with Gasteiger partial charge in [0.05, 0.1) is 13.7 Å². The van der Waals surface area contributed by atoms with E-state index in [2.05, 4.69) is 36.8 Å². The van der Waals surface area contributed by atoms with Crippen LogP contribution in [0.25, 0.3) is 0 Å². The molecule has 0 radical (unpaired) electrons. The van der Waals surface area contributed by atoms with Crippen molar-refractivity contribution in [2.24, 2.45) is 0 Å². The number of hydrogen-bond acceptors (Lipinski definition) is 3. The molecule has 0 N–H and O–H groups in total. The molecule has 3 nitrogen and oxygen atoms in total. The summed E-state index contributed by atoms with van der Waals surface area (Å²) in [5.74, 6) is 0.778. The molecule has 19 heavy (non-hydrogen) atoms. The zero-order valence-corrected chi connectivity index (χ0v) is 12.2. The molecule has 106 valence electrons. The maximum atomic E-state index is 11.2. The van der Waals surface area contributed by atoms with Crippen LogP contribution in [0.4, 0.5) is 0 Å². The van der Waals surface area contributed by atoms with Crippen molar-refractivity contribution < 1.29 is 14.3 Å². The summed E-state index contributed by atoms with van der Waals surface area (Å²) in [4.78, 5) is 11.2. The summed E-state index contributed by atoms with van der Waals surface area (Å²) in [6.45, 7) is 4.98. The van der Waals surface area contributed by atoms with Crippen molar-refractivity contribution in [1.29, 1.82) is 0 Å². The van der Waals surface area contributed by atoms with Gasteiger partial charge in [0.2, 0.25) is 0 Å². The van der Waals surface area contributed by atoms with Gasteiger partial charge in [0.1, 0.15) is 5.76 Å². The van der Waals surface area contributed by atoms with E-state index in [9.17, 15) is 4.79 Å². The van der Waals surface area contributed by atoms with Gasteiger partial charge in [-0.25, -0.2) is 0 Å². The van der Waals surface area contributed by atoms with Crippen LogP contribution < -0.4 is 0 Å². The van der Waals surface area contributed by atoms with Crippen molar-refractivity contribution in [2.75, 3.05) is 13.7 Å². The van der Waals surface area contributed by atoms with Crippen LogP contribution >= 0.6 is 0 Å². The zero-order valence-electron chi connectivity index (χ0n) is 12.2. The summed E-state index contributed by atoms with van der Waals surface area (Å²) in [6.07, 6.45) is 10.5. The number of rotatable bonds is 7. The normalized spacial score (nSPS) is 15.0. The molecule has 0 amide bonds. The molecular weight excluding hydrogens is 240 g/mol. The maximum Gasteiger partial charge on any atom is 0.305 e. The first-order chi connectivity index (χ1) is 9.17. The average Bonchev–Trinajstić information content (AvgIpc) is 2.58. The number of hydrogen-bond donors (Lipinski definition) is 0. The minimum absolute atomic E-state index is 0.162. The molecule has 0 unspecified atom stereocenters. The first-order valence-corrected chi connectivity index (χ1v) is 6.94. The van der Waals surface area contributed by atoms with E-state index in [1.165, 1.54) is 18.3 Å². The van der Waals surface area contributed by atoms with Crippen LogP contribution in [0.15, 0.2) is 35.1 Å². The van der Waals surface area contributed by atoms with E-state index in [0.29, 0.717) is 6.42 Å². The number of carbonyl (C=O) groups excluding carboxylic acids is 1. The van der Waals surface area contributed by atoms with Gasteiger partial charge in [-0.05, 0) is 49.5 Å². The molecule has 0 saturated heterocycles. The van der Waals surface area contributed by atoms with E-state index >= 15 is 0 Å². The number of allylic oxidation sites excluding steroid dienone is 5. The molecule has 0 heterocycles. The highest BCUT2D eigenvalue weighted by atomic mass is 16.5. The molecule has 0 fully saturated rings. The Hall–Kier alpha value is -1.51. The van der Waals surface area contributed by atoms with Crippen molar-refractivity contribution in [3.05, 3.63) is 35.1 Å². The van der Waals surface area contributed by atoms with Crippen molar-refractivity contribution in [3.63, 3.8) is 0 Å². The molecule has 0 spiro atoms. The van der Waals surface area contributed by atoms with Crippen molar-refractivity contribution in [2.45, 2.75) is 46.0 Å². The smallest absolute Gasteiger partial charge is 0.305 e. The Morgan fingerprint density at radius 2 is 2.16 bits per heavy atom. The predicted molar refractivity (Wildman–Crippen MR) is 76.7 cm³/mol. The molecule has 0 aliphatic heterocycles. The lowest BCUT2D eigenvalue weighted by Gasteiger charge is -2.08. The fourth-order valence-electron chi connectivity index (χ4n) is 1.92. The lowest BCUT2D eigenvalue weighted by molar-refractivity contribution is -0.140. The van der Waals surface area contributed by atoms with Gasteiger partial charge in [-0.1, -0.05) is 19.4 Å². The van der Waals surface area contributed by atoms with E-state index in [0.717, 1.165) is 38.0 Å². The quantitative estimate of drug-likeness (QED) is 0.516. The summed E-state index contributed by atoms with van der Waals surface area (Å²) in [7, 11) is 1.42. The molecule has 1 rings (SSSR count). The highest BCUT2D eigenvalue weighted by Gasteiger charge is 2.08. The Balaban J connectivity index is 2.53. The van der Waals surface area contributed by atoms with Gasteiger partial charge in [-0.3, -0.25) is 4.79 Å². The van der Waals surface area contributed by atoms with E-state index in [1.54, 1.807) is 0 Å². The first-order valence-electron chi connectivity index (χ1n) is 6.94. The molecule has 0 aromatic heterocycles. The molecule has 1 aliphatic rings. The van der Waals surface area contributed by atoms with Gasteiger partial charge < -0.3 is 9.47 Å². The van der Waals surface area contributed by atoms with Crippen LogP contribution in [0.1, 0.15) is 46.0 Å². The topological polar surface area (TPSA) is 35.5 Å². The highest BCUT2D eigenvalue weighted by Crippen LogP contribution is 2.22. The van der Waals surface area contributed by atoms with Crippen LogP contribution in [0.5, 0.6) is 0 Å². The van der Waals surface area contributed by atoms with E-state index in [1.807, 2.05) is 0 Å². The van der Waals surface area contributed by atoms with Gasteiger partial charge in [-0.2, -0.15) is 0 Å². The summed E-state index contributed by atoms with van der Waals surface area (Å²) >= 11 is 0. The largest absolute Gasteiger partial charge is 0.494 e. The van der Waals surface area contributed by atoms with Crippen LogP contribution in [0.2, 0.25) is 0 Å². The third-order valence-corrected chi connectivity index (χ3v) is 3.14. The lowest BCUT2D eigenvalue weighted by atomic mass is 10.0. The summed E-state index contributed by atoms with van der Waals surface area (Å²) in [5.41, 5.74) is 2.37. The van der Waals surface area contributed by atoms with E-state index in [4.69, 9.17) is 4.74 Å². The van der Waals surface area contributed by atoms with Crippen LogP contribution in [0, 0.1) is 0 Å². The van der Waals surface area contributed by atoms with Crippen molar-refractivity contribution in [3.8, 4) is 0 Å². The molecule has 0 aromatic carbocycles. The number of esters is 1. The minimum Gasteiger partial charge on any atom is -0.494 e. The molecule has 0 bridgehead atoms. The van der Waals surface area contributed by atoms with Crippen LogP contribution in [0.3, 0.4) is 0 Å². The first kappa shape index (κ1) is 15.5. The van der Waals surface area contributed by atoms with Gasteiger partial charge in [0.25, 0.3) is 0 Å². The van der Waals surface area contributed by atoms with Gasteiger partial charge in [0, 0.05) is 6.42 Å². The van der Waals surface area contributed by atoms with E-state index < -0.39 is 0 Å². The second kappa shape index (κ2) is 8.57. The molecule has 3 heteroatoms. The molecule has 0 aromatic rings.